The summed E-state index contributed by atoms with van der Waals surface area (Å²) in [6.45, 7) is 1.14. The molecular weight excluding hydrogens is 444 g/mol. The maximum Gasteiger partial charge on any atom is 0.263 e. The third-order valence-corrected chi connectivity index (χ3v) is 7.21. The standard InChI is InChI=1S/C20H19ClN4O3S2.2H2/c21-15-3-1-14(2-4-15)13-23-18-9-11-25(19(18)26)16-5-7-17(8-6-16)30(27,28)24-20-22-10-12-29-20;;/h1-8,10,12,18,23H,9,11,13H2,(H,22,24);2*1H/t18-;;/m0../s1. The van der Waals surface area contributed by atoms with Gasteiger partial charge >= 0.3 is 0 Å². The normalized spacial score (nSPS) is 16.8. The number of nitrogens with one attached hydrogen (secondary N) is 2. The average Bonchev–Trinajstić information content (AvgIpc) is 3.37. The van der Waals surface area contributed by atoms with Crippen LogP contribution in [0.4, 0.5) is 10.8 Å². The molecule has 160 valence electrons. The van der Waals surface area contributed by atoms with Crippen molar-refractivity contribution in [2.24, 2.45) is 0 Å². The minimum Gasteiger partial charge on any atom is -0.311 e. The number of aromatic nitrogens is 1. The molecule has 2 aromatic carbocycles. The number of anilines is 2. The topological polar surface area (TPSA) is 91.4 Å². The number of thiazole rings is 1. The van der Waals surface area contributed by atoms with E-state index in [4.69, 9.17) is 11.6 Å². The van der Waals surface area contributed by atoms with E-state index in [0.29, 0.717) is 35.4 Å². The molecule has 0 spiro atoms. The van der Waals surface area contributed by atoms with Gasteiger partial charge in [0.1, 0.15) is 0 Å². The smallest absolute Gasteiger partial charge is 0.263 e. The fraction of sp³-hybridized carbons (Fsp3) is 0.200. The minimum atomic E-state index is -3.72. The Morgan fingerprint density at radius 1 is 1.17 bits per heavy atom. The molecule has 1 aromatic heterocycles. The first-order valence-electron chi connectivity index (χ1n) is 9.24. The average molecular weight is 467 g/mol. The first kappa shape index (κ1) is 20.8. The fourth-order valence-electron chi connectivity index (χ4n) is 3.22. The van der Waals surface area contributed by atoms with E-state index in [1.807, 2.05) is 24.3 Å². The van der Waals surface area contributed by atoms with E-state index in [-0.39, 0.29) is 19.7 Å². The highest BCUT2D eigenvalue weighted by Crippen LogP contribution is 2.25. The van der Waals surface area contributed by atoms with Crippen molar-refractivity contribution in [3.8, 4) is 0 Å². The van der Waals surface area contributed by atoms with Crippen molar-refractivity contribution in [3.63, 3.8) is 0 Å². The Morgan fingerprint density at radius 2 is 1.90 bits per heavy atom. The second kappa shape index (κ2) is 8.73. The quantitative estimate of drug-likeness (QED) is 0.549. The highest BCUT2D eigenvalue weighted by molar-refractivity contribution is 7.93. The number of sulfonamides is 1. The lowest BCUT2D eigenvalue weighted by Gasteiger charge is -2.18. The van der Waals surface area contributed by atoms with Gasteiger partial charge in [-0.2, -0.15) is 0 Å². The zero-order chi connectivity index (χ0) is 21.1. The van der Waals surface area contributed by atoms with E-state index in [1.165, 1.54) is 29.7 Å². The molecule has 3 aromatic rings. The number of halogens is 1. The highest BCUT2D eigenvalue weighted by atomic mass is 35.5. The molecule has 1 saturated heterocycles. The SMILES string of the molecule is O=C1[C@@H](NCc2ccc(Cl)cc2)CCN1c1ccc(S(=O)(=O)Nc2nccs2)cc1.[HH].[HH]. The molecule has 0 bridgehead atoms. The zero-order valence-electron chi connectivity index (χ0n) is 15.8. The maximum atomic E-state index is 12.8. The predicted molar refractivity (Wildman–Crippen MR) is 123 cm³/mol. The van der Waals surface area contributed by atoms with Gasteiger partial charge in [-0.1, -0.05) is 23.7 Å². The van der Waals surface area contributed by atoms with Crippen LogP contribution in [0.1, 0.15) is 14.8 Å². The summed E-state index contributed by atoms with van der Waals surface area (Å²) in [7, 11) is -3.72. The molecule has 30 heavy (non-hydrogen) atoms. The van der Waals surface area contributed by atoms with Crippen molar-refractivity contribution in [3.05, 3.63) is 70.7 Å². The van der Waals surface area contributed by atoms with Gasteiger partial charge in [-0.05, 0) is 48.4 Å². The summed E-state index contributed by atoms with van der Waals surface area (Å²) in [6.07, 6.45) is 2.21. The van der Waals surface area contributed by atoms with Gasteiger partial charge in [0.15, 0.2) is 5.13 Å². The number of amides is 1. The Labute approximate surface area is 186 Å². The number of hydrogen-bond acceptors (Lipinski definition) is 6. The monoisotopic (exact) mass is 466 g/mol. The van der Waals surface area contributed by atoms with E-state index in [9.17, 15) is 13.2 Å². The Kier molecular flexibility index (Phi) is 6.05. The van der Waals surface area contributed by atoms with Gasteiger partial charge in [0.25, 0.3) is 10.0 Å². The van der Waals surface area contributed by atoms with Crippen LogP contribution in [0.3, 0.4) is 0 Å². The molecule has 0 aliphatic carbocycles. The van der Waals surface area contributed by atoms with Crippen LogP contribution in [-0.2, 0) is 21.4 Å². The van der Waals surface area contributed by atoms with Crippen LogP contribution in [0.5, 0.6) is 0 Å². The van der Waals surface area contributed by atoms with E-state index in [1.54, 1.807) is 22.4 Å². The second-order valence-electron chi connectivity index (χ2n) is 6.78. The molecule has 10 heteroatoms. The minimum absolute atomic E-state index is 0. The van der Waals surface area contributed by atoms with Gasteiger partial charge in [-0.15, -0.1) is 11.3 Å². The lowest BCUT2D eigenvalue weighted by molar-refractivity contribution is -0.118. The predicted octanol–water partition coefficient (Wildman–Crippen LogP) is 3.98. The summed E-state index contributed by atoms with van der Waals surface area (Å²) >= 11 is 7.10. The van der Waals surface area contributed by atoms with E-state index in [2.05, 4.69) is 15.0 Å². The first-order valence-corrected chi connectivity index (χ1v) is 12.0. The Morgan fingerprint density at radius 3 is 2.57 bits per heavy atom. The van der Waals surface area contributed by atoms with Crippen LogP contribution >= 0.6 is 22.9 Å². The summed E-state index contributed by atoms with van der Waals surface area (Å²) in [6, 6.07) is 13.5. The number of benzene rings is 2. The van der Waals surface area contributed by atoms with Crippen molar-refractivity contribution in [1.29, 1.82) is 0 Å². The molecule has 0 unspecified atom stereocenters. The number of carbonyl (C=O) groups is 1. The van der Waals surface area contributed by atoms with Crippen LogP contribution in [-0.4, -0.2) is 31.9 Å². The zero-order valence-corrected chi connectivity index (χ0v) is 18.2. The fourth-order valence-corrected chi connectivity index (χ4v) is 5.14. The number of nitrogens with zero attached hydrogens (tertiary/aromatic N) is 2. The number of hydrogen-bond donors (Lipinski definition) is 2. The van der Waals surface area contributed by atoms with E-state index >= 15 is 0 Å². The Bertz CT molecular complexity index is 1130. The van der Waals surface area contributed by atoms with Crippen molar-refractivity contribution in [1.82, 2.24) is 10.3 Å². The molecule has 7 nitrogen and oxygen atoms in total. The van der Waals surface area contributed by atoms with Crippen molar-refractivity contribution >= 4 is 49.7 Å². The molecule has 1 fully saturated rings. The maximum absolute atomic E-state index is 12.8. The summed E-state index contributed by atoms with van der Waals surface area (Å²) in [5, 5.41) is 5.96. The van der Waals surface area contributed by atoms with Crippen molar-refractivity contribution in [2.75, 3.05) is 16.2 Å². The largest absolute Gasteiger partial charge is 0.311 e. The van der Waals surface area contributed by atoms with Crippen LogP contribution in [0.25, 0.3) is 0 Å². The molecule has 2 N–H and O–H groups in total. The summed E-state index contributed by atoms with van der Waals surface area (Å²) < 4.78 is 27.3. The van der Waals surface area contributed by atoms with Gasteiger partial charge in [0.2, 0.25) is 5.91 Å². The first-order chi connectivity index (χ1) is 14.4. The van der Waals surface area contributed by atoms with Gasteiger partial charge in [0.05, 0.1) is 10.9 Å². The molecule has 0 saturated carbocycles. The Hall–Kier alpha value is -2.46. The van der Waals surface area contributed by atoms with E-state index < -0.39 is 10.0 Å². The van der Waals surface area contributed by atoms with Crippen LogP contribution in [0.2, 0.25) is 5.02 Å². The lowest BCUT2D eigenvalue weighted by Crippen LogP contribution is -2.38. The van der Waals surface area contributed by atoms with Crippen LogP contribution in [0.15, 0.2) is 65.0 Å². The molecule has 1 aliphatic rings. The second-order valence-corrected chi connectivity index (χ2v) is 9.79. The number of carbonyl (C=O) groups excluding carboxylic acids is 1. The van der Waals surface area contributed by atoms with Gasteiger partial charge < -0.3 is 10.2 Å². The molecule has 2 heterocycles. The van der Waals surface area contributed by atoms with Crippen LogP contribution in [0, 0.1) is 0 Å². The Balaban J connectivity index is 0.00000181. The van der Waals surface area contributed by atoms with Gasteiger partial charge in [-0.3, -0.25) is 9.52 Å². The number of rotatable bonds is 7. The summed E-state index contributed by atoms with van der Waals surface area (Å²) in [4.78, 5) is 18.5. The highest BCUT2D eigenvalue weighted by Gasteiger charge is 2.32. The van der Waals surface area contributed by atoms with Gasteiger partial charge in [-0.25, -0.2) is 13.4 Å². The summed E-state index contributed by atoms with van der Waals surface area (Å²) in [5.74, 6) is -0.0273. The third-order valence-electron chi connectivity index (χ3n) is 4.78. The van der Waals surface area contributed by atoms with Crippen molar-refractivity contribution in [2.45, 2.75) is 23.9 Å². The molecule has 0 radical (unpaired) electrons. The third kappa shape index (κ3) is 4.65. The molecular formula is C20H23ClN4O3S2. The van der Waals surface area contributed by atoms with Crippen molar-refractivity contribution < 1.29 is 16.1 Å². The summed E-state index contributed by atoms with van der Waals surface area (Å²) in [5.41, 5.74) is 1.72. The van der Waals surface area contributed by atoms with Crippen LogP contribution < -0.4 is 14.9 Å². The van der Waals surface area contributed by atoms with E-state index in [0.717, 1.165) is 5.56 Å². The molecule has 1 amide bonds. The van der Waals surface area contributed by atoms with Gasteiger partial charge in [0, 0.05) is 38.2 Å². The lowest BCUT2D eigenvalue weighted by atomic mass is 10.2. The molecule has 4 rings (SSSR count). The molecule has 1 aliphatic heterocycles. The molecule has 1 atom stereocenters.